The Hall–Kier alpha value is -3.66. The summed E-state index contributed by atoms with van der Waals surface area (Å²) in [6.45, 7) is 11.0. The van der Waals surface area contributed by atoms with Crippen LogP contribution >= 0.6 is 0 Å². The van der Waals surface area contributed by atoms with E-state index in [1.54, 1.807) is 52.0 Å². The number of hydrogen-bond acceptors (Lipinski definition) is 5. The van der Waals surface area contributed by atoms with Crippen molar-refractivity contribution < 1.29 is 19.1 Å². The van der Waals surface area contributed by atoms with Gasteiger partial charge in [-0.25, -0.2) is 14.5 Å². The van der Waals surface area contributed by atoms with Crippen molar-refractivity contribution >= 4 is 17.9 Å². The molecule has 7 heteroatoms. The minimum absolute atomic E-state index is 0.0393. The minimum atomic E-state index is -1.36. The third kappa shape index (κ3) is 5.37. The van der Waals surface area contributed by atoms with Crippen LogP contribution < -0.4 is 0 Å². The van der Waals surface area contributed by atoms with E-state index in [0.717, 1.165) is 10.5 Å². The molecule has 3 amide bonds. The third-order valence-electron chi connectivity index (χ3n) is 6.06. The fraction of sp³-hybridized carbons (Fsp3) is 0.429. The molecule has 0 radical (unpaired) electrons. The number of hydrogen-bond donors (Lipinski definition) is 0. The van der Waals surface area contributed by atoms with Crippen molar-refractivity contribution in [1.82, 2.24) is 9.80 Å². The average Bonchev–Trinajstić information content (AvgIpc) is 2.98. The molecule has 1 saturated heterocycles. The number of carbonyl (C=O) groups is 3. The van der Waals surface area contributed by atoms with Gasteiger partial charge in [-0.2, -0.15) is 5.26 Å². The summed E-state index contributed by atoms with van der Waals surface area (Å²) in [4.78, 5) is 43.8. The smallest absolute Gasteiger partial charge is 0.329 e. The van der Waals surface area contributed by atoms with Crippen LogP contribution in [0, 0.1) is 17.2 Å². The van der Waals surface area contributed by atoms with Crippen LogP contribution in [0.1, 0.15) is 64.7 Å². The highest BCUT2D eigenvalue weighted by Crippen LogP contribution is 2.40. The molecule has 0 N–H and O–H groups in total. The molecule has 7 nitrogen and oxygen atoms in total. The summed E-state index contributed by atoms with van der Waals surface area (Å²) in [7, 11) is 0. The van der Waals surface area contributed by atoms with E-state index in [-0.39, 0.29) is 18.9 Å². The highest BCUT2D eigenvalue weighted by Gasteiger charge is 2.58. The minimum Gasteiger partial charge on any atom is -0.458 e. The molecule has 1 heterocycles. The molecule has 0 aromatic heterocycles. The number of esters is 1. The van der Waals surface area contributed by atoms with Gasteiger partial charge in [0.25, 0.3) is 5.91 Å². The highest BCUT2D eigenvalue weighted by atomic mass is 16.6. The first-order chi connectivity index (χ1) is 16.4. The topological polar surface area (TPSA) is 90.7 Å². The van der Waals surface area contributed by atoms with E-state index in [9.17, 15) is 19.6 Å². The van der Waals surface area contributed by atoms with Crippen LogP contribution in [0.2, 0.25) is 0 Å². The summed E-state index contributed by atoms with van der Waals surface area (Å²) in [5, 5.41) is 9.21. The summed E-state index contributed by atoms with van der Waals surface area (Å²) in [5.74, 6) is -1.05. The Morgan fingerprint density at radius 2 is 1.66 bits per heavy atom. The van der Waals surface area contributed by atoms with Gasteiger partial charge in [0.2, 0.25) is 0 Å². The molecule has 2 atom stereocenters. The Bertz CT molecular complexity index is 1130. The summed E-state index contributed by atoms with van der Waals surface area (Å²) in [5.41, 5.74) is -0.253. The predicted octanol–water partition coefficient (Wildman–Crippen LogP) is 4.99. The second-order valence-corrected chi connectivity index (χ2v) is 10.5. The van der Waals surface area contributed by atoms with Crippen LogP contribution in [0.4, 0.5) is 4.79 Å². The molecule has 2 aromatic carbocycles. The van der Waals surface area contributed by atoms with Gasteiger partial charge in [-0.3, -0.25) is 4.79 Å². The van der Waals surface area contributed by atoms with Gasteiger partial charge >= 0.3 is 12.0 Å². The van der Waals surface area contributed by atoms with E-state index in [0.29, 0.717) is 11.1 Å². The first kappa shape index (κ1) is 26.0. The van der Waals surface area contributed by atoms with Crippen molar-refractivity contribution in [2.45, 2.75) is 71.7 Å². The molecule has 0 saturated carbocycles. The molecule has 0 spiro atoms. The number of carbonyl (C=O) groups excluding carboxylic acids is 3. The number of imide groups is 1. The van der Waals surface area contributed by atoms with Crippen LogP contribution in [0.15, 0.2) is 54.6 Å². The Kier molecular flexibility index (Phi) is 7.35. The summed E-state index contributed by atoms with van der Waals surface area (Å²) >= 11 is 0. The Balaban J connectivity index is 2.12. The molecule has 35 heavy (non-hydrogen) atoms. The lowest BCUT2D eigenvalue weighted by atomic mass is 9.89. The molecule has 1 aliphatic heterocycles. The maximum atomic E-state index is 14.1. The predicted molar refractivity (Wildman–Crippen MR) is 132 cm³/mol. The molecular formula is C28H33N3O4. The second-order valence-electron chi connectivity index (χ2n) is 10.5. The fourth-order valence-electron chi connectivity index (χ4n) is 4.30. The molecule has 3 rings (SSSR count). The Morgan fingerprint density at radius 1 is 1.06 bits per heavy atom. The van der Waals surface area contributed by atoms with Crippen LogP contribution in [0.25, 0.3) is 0 Å². The lowest BCUT2D eigenvalue weighted by molar-refractivity contribution is -0.163. The molecule has 0 bridgehead atoms. The van der Waals surface area contributed by atoms with Crippen LogP contribution in [-0.4, -0.2) is 39.4 Å². The van der Waals surface area contributed by atoms with Crippen LogP contribution in [-0.2, 0) is 26.4 Å². The average molecular weight is 476 g/mol. The van der Waals surface area contributed by atoms with Crippen molar-refractivity contribution in [3.8, 4) is 6.07 Å². The summed E-state index contributed by atoms with van der Waals surface area (Å²) in [6.07, 6.45) is 0.287. The van der Waals surface area contributed by atoms with Crippen LogP contribution in [0.5, 0.6) is 0 Å². The quantitative estimate of drug-likeness (QED) is 0.415. The molecular weight excluding hydrogens is 442 g/mol. The van der Waals surface area contributed by atoms with E-state index in [1.807, 2.05) is 44.2 Å². The van der Waals surface area contributed by atoms with E-state index >= 15 is 0 Å². The monoisotopic (exact) mass is 475 g/mol. The maximum Gasteiger partial charge on any atom is 0.329 e. The standard InChI is InChI=1S/C28H33N3O4/c1-19(2)16-23(24(32)35-27(3,4)5)31-25(33)28(6,22-14-12-20(17-29)13-15-22)30(26(31)34)18-21-10-8-7-9-11-21/h7-15,19,23H,16,18H2,1-6H3. The number of ether oxygens (including phenoxy) is 1. The SMILES string of the molecule is CC(C)CC(C(=O)OC(C)(C)C)N1C(=O)N(Cc2ccccc2)C(C)(c2ccc(C#N)cc2)C1=O. The van der Waals surface area contributed by atoms with Crippen molar-refractivity contribution in [2.24, 2.45) is 5.92 Å². The highest BCUT2D eigenvalue weighted by molar-refractivity contribution is 6.09. The second kappa shape index (κ2) is 9.91. The first-order valence-electron chi connectivity index (χ1n) is 11.8. The van der Waals surface area contributed by atoms with Gasteiger partial charge in [0.15, 0.2) is 0 Å². The molecule has 2 unspecified atom stereocenters. The maximum absolute atomic E-state index is 14.1. The van der Waals surface area contributed by atoms with Gasteiger partial charge in [0.05, 0.1) is 11.6 Å². The number of amides is 3. The number of rotatable bonds is 7. The van der Waals surface area contributed by atoms with Crippen molar-refractivity contribution in [2.75, 3.05) is 0 Å². The largest absolute Gasteiger partial charge is 0.458 e. The van der Waals surface area contributed by atoms with Gasteiger partial charge in [-0.1, -0.05) is 56.3 Å². The molecule has 1 aliphatic rings. The van der Waals surface area contributed by atoms with Crippen LogP contribution in [0.3, 0.4) is 0 Å². The van der Waals surface area contributed by atoms with Gasteiger partial charge < -0.3 is 9.64 Å². The summed E-state index contributed by atoms with van der Waals surface area (Å²) < 4.78 is 5.63. The molecule has 1 fully saturated rings. The van der Waals surface area contributed by atoms with Crippen molar-refractivity contribution in [3.05, 3.63) is 71.3 Å². The zero-order chi connectivity index (χ0) is 26.0. The van der Waals surface area contributed by atoms with Crippen molar-refractivity contribution in [1.29, 1.82) is 5.26 Å². The van der Waals surface area contributed by atoms with Gasteiger partial charge in [-0.05, 0) is 63.3 Å². The zero-order valence-corrected chi connectivity index (χ0v) is 21.2. The molecule has 184 valence electrons. The van der Waals surface area contributed by atoms with Crippen molar-refractivity contribution in [3.63, 3.8) is 0 Å². The van der Waals surface area contributed by atoms with Gasteiger partial charge in [0, 0.05) is 6.54 Å². The van der Waals surface area contributed by atoms with Gasteiger partial charge in [0.1, 0.15) is 17.2 Å². The van der Waals surface area contributed by atoms with Gasteiger partial charge in [-0.15, -0.1) is 0 Å². The lowest BCUT2D eigenvalue weighted by Crippen LogP contribution is -2.49. The Labute approximate surface area is 207 Å². The zero-order valence-electron chi connectivity index (χ0n) is 21.2. The number of benzene rings is 2. The summed E-state index contributed by atoms with van der Waals surface area (Å²) in [6, 6.07) is 16.5. The van der Waals surface area contributed by atoms with E-state index in [1.165, 1.54) is 4.90 Å². The number of nitrogens with zero attached hydrogens (tertiary/aromatic N) is 3. The number of nitriles is 1. The normalized spacial score (nSPS) is 19.1. The van der Waals surface area contributed by atoms with E-state index < -0.39 is 35.1 Å². The molecule has 0 aliphatic carbocycles. The lowest BCUT2D eigenvalue weighted by Gasteiger charge is -2.32. The van der Waals surface area contributed by atoms with E-state index in [2.05, 4.69) is 6.07 Å². The first-order valence-corrected chi connectivity index (χ1v) is 11.8. The Morgan fingerprint density at radius 3 is 2.17 bits per heavy atom. The number of urea groups is 1. The van der Waals surface area contributed by atoms with E-state index in [4.69, 9.17) is 4.74 Å². The third-order valence-corrected chi connectivity index (χ3v) is 6.06. The fourth-order valence-corrected chi connectivity index (χ4v) is 4.30. The molecule has 2 aromatic rings.